The first-order valence-electron chi connectivity index (χ1n) is 7.73. The number of carbonyl (C=O) groups excluding carboxylic acids is 1. The van der Waals surface area contributed by atoms with Crippen molar-refractivity contribution in [1.29, 1.82) is 0 Å². The molecule has 1 aliphatic rings. The third-order valence-electron chi connectivity index (χ3n) is 4.37. The Bertz CT molecular complexity index is 723. The number of hydrogen-bond donors (Lipinski definition) is 1. The first-order chi connectivity index (χ1) is 11.0. The number of nitrogens with one attached hydrogen (secondary N) is 1. The third kappa shape index (κ3) is 3.54. The summed E-state index contributed by atoms with van der Waals surface area (Å²) in [6.07, 6.45) is 4.34. The Morgan fingerprint density at radius 3 is 2.70 bits per heavy atom. The molecule has 0 unspecified atom stereocenters. The smallest absolute Gasteiger partial charge is 0.273 e. The zero-order chi connectivity index (χ0) is 16.4. The normalized spacial score (nSPS) is 16.0. The standard InChI is InChI=1S/C17H18Cl2N2O2/c1-2-13-9-15(21-23-13)16(22)20-17(6-3-7-17)10-11-4-5-12(18)8-14(11)19/h4-5,8-9H,2-3,6-7,10H2,1H3,(H,20,22). The van der Waals surface area contributed by atoms with Gasteiger partial charge in [-0.15, -0.1) is 0 Å². The molecule has 0 radical (unpaired) electrons. The fourth-order valence-electron chi connectivity index (χ4n) is 2.87. The zero-order valence-corrected chi connectivity index (χ0v) is 14.4. The molecule has 23 heavy (non-hydrogen) atoms. The summed E-state index contributed by atoms with van der Waals surface area (Å²) < 4.78 is 5.11. The van der Waals surface area contributed by atoms with Crippen molar-refractivity contribution in [2.24, 2.45) is 0 Å². The molecule has 3 rings (SSSR count). The monoisotopic (exact) mass is 352 g/mol. The number of nitrogens with zero attached hydrogens (tertiary/aromatic N) is 1. The summed E-state index contributed by atoms with van der Waals surface area (Å²) in [6.45, 7) is 1.96. The van der Waals surface area contributed by atoms with Crippen molar-refractivity contribution in [2.75, 3.05) is 0 Å². The van der Waals surface area contributed by atoms with Crippen molar-refractivity contribution in [1.82, 2.24) is 10.5 Å². The van der Waals surface area contributed by atoms with Crippen LogP contribution < -0.4 is 5.32 Å². The van der Waals surface area contributed by atoms with E-state index in [1.165, 1.54) is 0 Å². The van der Waals surface area contributed by atoms with Crippen molar-refractivity contribution < 1.29 is 9.32 Å². The van der Waals surface area contributed by atoms with E-state index in [2.05, 4.69) is 10.5 Å². The molecule has 1 aliphatic carbocycles. The summed E-state index contributed by atoms with van der Waals surface area (Å²) in [7, 11) is 0. The van der Waals surface area contributed by atoms with Gasteiger partial charge in [0, 0.05) is 28.1 Å². The molecule has 1 N–H and O–H groups in total. The quantitative estimate of drug-likeness (QED) is 0.865. The summed E-state index contributed by atoms with van der Waals surface area (Å²) in [5, 5.41) is 8.20. The molecule has 1 heterocycles. The molecule has 1 fully saturated rings. The van der Waals surface area contributed by atoms with Crippen LogP contribution in [0.3, 0.4) is 0 Å². The molecule has 0 atom stereocenters. The Morgan fingerprint density at radius 1 is 1.35 bits per heavy atom. The van der Waals surface area contributed by atoms with Gasteiger partial charge in [-0.1, -0.05) is 41.3 Å². The minimum atomic E-state index is -0.264. The van der Waals surface area contributed by atoms with Gasteiger partial charge in [-0.3, -0.25) is 4.79 Å². The molecular weight excluding hydrogens is 335 g/mol. The number of aryl methyl sites for hydroxylation is 1. The Morgan fingerprint density at radius 2 is 2.13 bits per heavy atom. The number of carbonyl (C=O) groups is 1. The maximum absolute atomic E-state index is 12.4. The second kappa shape index (κ2) is 6.54. The van der Waals surface area contributed by atoms with Crippen molar-refractivity contribution in [3.05, 3.63) is 51.3 Å². The van der Waals surface area contributed by atoms with E-state index in [0.717, 1.165) is 24.8 Å². The lowest BCUT2D eigenvalue weighted by Crippen LogP contribution is -2.55. The number of rotatable bonds is 5. The van der Waals surface area contributed by atoms with Crippen LogP contribution in [-0.4, -0.2) is 16.6 Å². The molecule has 4 nitrogen and oxygen atoms in total. The van der Waals surface area contributed by atoms with Crippen molar-refractivity contribution >= 4 is 29.1 Å². The highest BCUT2D eigenvalue weighted by Crippen LogP contribution is 2.37. The summed E-state index contributed by atoms with van der Waals surface area (Å²) in [5.41, 5.74) is 1.06. The van der Waals surface area contributed by atoms with Crippen LogP contribution in [0.4, 0.5) is 0 Å². The highest BCUT2D eigenvalue weighted by molar-refractivity contribution is 6.35. The Kier molecular flexibility index (Phi) is 4.64. The van der Waals surface area contributed by atoms with Crippen LogP contribution in [-0.2, 0) is 12.8 Å². The maximum Gasteiger partial charge on any atom is 0.273 e. The molecule has 0 bridgehead atoms. The van der Waals surface area contributed by atoms with Crippen molar-refractivity contribution in [3.8, 4) is 0 Å². The highest BCUT2D eigenvalue weighted by atomic mass is 35.5. The molecule has 1 aromatic heterocycles. The van der Waals surface area contributed by atoms with Gasteiger partial charge in [0.15, 0.2) is 5.69 Å². The van der Waals surface area contributed by atoms with Gasteiger partial charge < -0.3 is 9.84 Å². The van der Waals surface area contributed by atoms with E-state index in [0.29, 0.717) is 34.3 Å². The Balaban J connectivity index is 1.74. The van der Waals surface area contributed by atoms with Crippen LogP contribution >= 0.6 is 23.2 Å². The van der Waals surface area contributed by atoms with Crippen LogP contribution in [0.1, 0.15) is 48.0 Å². The van der Waals surface area contributed by atoms with Crippen LogP contribution in [0.2, 0.25) is 10.0 Å². The number of aromatic nitrogens is 1. The predicted octanol–water partition coefficient (Wildman–Crippen LogP) is 4.44. The molecule has 2 aromatic rings. The van der Waals surface area contributed by atoms with Gasteiger partial charge in [0.1, 0.15) is 5.76 Å². The summed E-state index contributed by atoms with van der Waals surface area (Å²) in [6, 6.07) is 7.17. The van der Waals surface area contributed by atoms with Crippen LogP contribution in [0, 0.1) is 0 Å². The minimum Gasteiger partial charge on any atom is -0.361 e. The fraction of sp³-hybridized carbons (Fsp3) is 0.412. The summed E-state index contributed by atoms with van der Waals surface area (Å²) >= 11 is 12.2. The van der Waals surface area contributed by atoms with E-state index in [1.807, 2.05) is 19.1 Å². The molecular formula is C17H18Cl2N2O2. The van der Waals surface area contributed by atoms with E-state index in [4.69, 9.17) is 27.7 Å². The molecule has 0 spiro atoms. The number of amides is 1. The highest BCUT2D eigenvalue weighted by Gasteiger charge is 2.39. The molecule has 1 amide bonds. The fourth-order valence-corrected chi connectivity index (χ4v) is 3.35. The second-order valence-corrected chi connectivity index (χ2v) is 6.88. The zero-order valence-electron chi connectivity index (χ0n) is 12.9. The predicted molar refractivity (Wildman–Crippen MR) is 90.1 cm³/mol. The van der Waals surface area contributed by atoms with Gasteiger partial charge in [0.05, 0.1) is 0 Å². The van der Waals surface area contributed by atoms with Crippen molar-refractivity contribution in [3.63, 3.8) is 0 Å². The minimum absolute atomic E-state index is 0.196. The molecule has 0 aliphatic heterocycles. The van der Waals surface area contributed by atoms with E-state index < -0.39 is 0 Å². The van der Waals surface area contributed by atoms with Gasteiger partial charge in [0.25, 0.3) is 5.91 Å². The van der Waals surface area contributed by atoms with Gasteiger partial charge in [-0.25, -0.2) is 0 Å². The number of hydrogen-bond acceptors (Lipinski definition) is 3. The number of benzene rings is 1. The lowest BCUT2D eigenvalue weighted by Gasteiger charge is -2.42. The summed E-state index contributed by atoms with van der Waals surface area (Å²) in [4.78, 5) is 12.4. The lowest BCUT2D eigenvalue weighted by molar-refractivity contribution is 0.0817. The second-order valence-electron chi connectivity index (χ2n) is 6.03. The molecule has 1 saturated carbocycles. The number of halogens is 2. The van der Waals surface area contributed by atoms with Gasteiger partial charge in [-0.2, -0.15) is 0 Å². The SMILES string of the molecule is CCc1cc(C(=O)NC2(Cc3ccc(Cl)cc3Cl)CCC2)no1. The Hall–Kier alpha value is -1.52. The molecule has 0 saturated heterocycles. The maximum atomic E-state index is 12.4. The van der Waals surface area contributed by atoms with Crippen LogP contribution in [0.25, 0.3) is 0 Å². The van der Waals surface area contributed by atoms with Crippen LogP contribution in [0.15, 0.2) is 28.8 Å². The largest absolute Gasteiger partial charge is 0.361 e. The topological polar surface area (TPSA) is 55.1 Å². The van der Waals surface area contributed by atoms with E-state index in [9.17, 15) is 4.79 Å². The van der Waals surface area contributed by atoms with Gasteiger partial charge in [-0.05, 0) is 43.4 Å². The van der Waals surface area contributed by atoms with Crippen molar-refractivity contribution in [2.45, 2.75) is 44.6 Å². The van der Waals surface area contributed by atoms with Crippen LogP contribution in [0.5, 0.6) is 0 Å². The summed E-state index contributed by atoms with van der Waals surface area (Å²) in [5.74, 6) is 0.511. The average molecular weight is 353 g/mol. The third-order valence-corrected chi connectivity index (χ3v) is 4.96. The molecule has 6 heteroatoms. The van der Waals surface area contributed by atoms with E-state index in [-0.39, 0.29) is 11.4 Å². The lowest BCUT2D eigenvalue weighted by atomic mass is 9.72. The molecule has 122 valence electrons. The average Bonchev–Trinajstić information content (AvgIpc) is 2.96. The van der Waals surface area contributed by atoms with E-state index >= 15 is 0 Å². The Labute approximate surface area is 145 Å². The first-order valence-corrected chi connectivity index (χ1v) is 8.49. The van der Waals surface area contributed by atoms with Gasteiger partial charge >= 0.3 is 0 Å². The first kappa shape index (κ1) is 16.3. The van der Waals surface area contributed by atoms with Gasteiger partial charge in [0.2, 0.25) is 0 Å². The van der Waals surface area contributed by atoms with E-state index in [1.54, 1.807) is 12.1 Å². The molecule has 1 aromatic carbocycles.